The number of nitrogens with zero attached hydrogens (tertiary/aromatic N) is 5. The number of carbonyl (C=O) groups is 1. The molecule has 0 saturated carbocycles. The van der Waals surface area contributed by atoms with Crippen LogP contribution in [0.5, 0.6) is 0 Å². The Morgan fingerprint density at radius 3 is 2.86 bits per heavy atom. The first-order valence-electron chi connectivity index (χ1n) is 8.53. The molecule has 3 heterocycles. The van der Waals surface area contributed by atoms with Gasteiger partial charge in [0.15, 0.2) is 23.9 Å². The van der Waals surface area contributed by atoms with Crippen molar-refractivity contribution >= 4 is 34.7 Å². The molecule has 0 unspecified atom stereocenters. The van der Waals surface area contributed by atoms with Crippen molar-refractivity contribution in [3.63, 3.8) is 0 Å². The number of fused-ring (bicyclic) bond motifs is 1. The van der Waals surface area contributed by atoms with Gasteiger partial charge in [0, 0.05) is 0 Å². The largest absolute Gasteiger partial charge is 0.386 e. The summed E-state index contributed by atoms with van der Waals surface area (Å²) in [6, 6.07) is -0.897. The summed E-state index contributed by atoms with van der Waals surface area (Å²) >= 11 is 1.52. The number of hydrazine groups is 2. The highest BCUT2D eigenvalue weighted by Crippen LogP contribution is 2.31. The molecule has 14 nitrogen and oxygen atoms in total. The van der Waals surface area contributed by atoms with Gasteiger partial charge in [0.25, 0.3) is 0 Å². The minimum Gasteiger partial charge on any atom is -0.386 e. The summed E-state index contributed by atoms with van der Waals surface area (Å²) in [5.41, 5.74) is 8.69. The van der Waals surface area contributed by atoms with Crippen molar-refractivity contribution in [1.82, 2.24) is 30.1 Å². The Balaban J connectivity index is 1.68. The molecule has 160 valence electrons. The van der Waals surface area contributed by atoms with E-state index in [1.165, 1.54) is 29.0 Å². The number of hydroxylamine groups is 1. The average molecular weight is 429 g/mol. The summed E-state index contributed by atoms with van der Waals surface area (Å²) in [7, 11) is 0. The molecule has 0 aromatic carbocycles. The molecule has 0 aliphatic carbocycles. The molecule has 15 heteroatoms. The van der Waals surface area contributed by atoms with E-state index in [1.54, 1.807) is 0 Å². The Morgan fingerprint density at radius 1 is 1.41 bits per heavy atom. The molecular weight excluding hydrogens is 406 g/mol. The number of aliphatic hydroxyl groups is 2. The highest BCUT2D eigenvalue weighted by atomic mass is 32.2. The van der Waals surface area contributed by atoms with E-state index < -0.39 is 36.7 Å². The standard InChI is InChI=1S/C14H23N9O5S/c1-29-3-2-6(23(16)17)14(26)28-21-12-8(24)9(25)13(27-12)22-5-20-7-10(15)18-4-19-11(7)22/h4-6,8-9,12-13,21,24-25H,2-3,16-17H2,1H3,(H2,15,18,19)/t6-,8-,9+,12-,13+/m0/s1. The van der Waals surface area contributed by atoms with Crippen molar-refractivity contribution in [1.29, 1.82) is 0 Å². The number of aromatic nitrogens is 4. The number of anilines is 1. The molecule has 0 bridgehead atoms. The zero-order chi connectivity index (χ0) is 21.1. The van der Waals surface area contributed by atoms with E-state index in [2.05, 4.69) is 20.4 Å². The number of thioether (sulfide) groups is 1. The molecule has 0 spiro atoms. The SMILES string of the molecule is CSCC[C@@H](C(=O)ON[C@H]1O[C@@H](n2cnc3c(N)ncnc32)[C@H](O)[C@@H]1O)N(N)N. The van der Waals surface area contributed by atoms with Crippen molar-refractivity contribution in [2.75, 3.05) is 17.7 Å². The van der Waals surface area contributed by atoms with Crippen molar-refractivity contribution < 1.29 is 24.6 Å². The van der Waals surface area contributed by atoms with Gasteiger partial charge in [-0.25, -0.2) is 19.7 Å². The van der Waals surface area contributed by atoms with Crippen LogP contribution in [0.1, 0.15) is 12.6 Å². The fraction of sp³-hybridized carbons (Fsp3) is 0.571. The van der Waals surface area contributed by atoms with Gasteiger partial charge in [0.05, 0.1) is 6.33 Å². The maximum atomic E-state index is 12.2. The number of nitrogens with two attached hydrogens (primary N) is 3. The summed E-state index contributed by atoms with van der Waals surface area (Å²) in [5, 5.41) is 21.4. The smallest absolute Gasteiger partial charge is 0.345 e. The number of hydrogen-bond acceptors (Lipinski definition) is 14. The summed E-state index contributed by atoms with van der Waals surface area (Å²) in [4.78, 5) is 29.2. The van der Waals surface area contributed by atoms with Gasteiger partial charge in [-0.3, -0.25) is 16.3 Å². The Bertz CT molecular complexity index is 852. The minimum absolute atomic E-state index is 0.162. The zero-order valence-electron chi connectivity index (χ0n) is 15.5. The number of nitrogen functional groups attached to an aromatic ring is 1. The van der Waals surface area contributed by atoms with Gasteiger partial charge in [-0.05, 0) is 18.4 Å². The first-order valence-corrected chi connectivity index (χ1v) is 9.93. The van der Waals surface area contributed by atoms with Crippen molar-refractivity contribution in [2.24, 2.45) is 11.7 Å². The topological polar surface area (TPSA) is 213 Å². The van der Waals surface area contributed by atoms with Crippen molar-refractivity contribution in [2.45, 2.75) is 37.1 Å². The number of nitrogens with one attached hydrogen (secondary N) is 1. The maximum absolute atomic E-state index is 12.2. The van der Waals surface area contributed by atoms with Crippen LogP contribution in [0.25, 0.3) is 11.2 Å². The molecule has 1 aliphatic heterocycles. The quantitative estimate of drug-likeness (QED) is 0.185. The van der Waals surface area contributed by atoms with E-state index in [1.807, 2.05) is 6.26 Å². The third kappa shape index (κ3) is 4.41. The van der Waals surface area contributed by atoms with Crippen LogP contribution in [-0.2, 0) is 14.4 Å². The van der Waals surface area contributed by atoms with Gasteiger partial charge < -0.3 is 25.5 Å². The number of rotatable bonds is 8. The van der Waals surface area contributed by atoms with E-state index in [0.717, 1.165) is 5.12 Å². The van der Waals surface area contributed by atoms with Crippen molar-refractivity contribution in [3.05, 3.63) is 12.7 Å². The highest BCUT2D eigenvalue weighted by Gasteiger charge is 2.45. The predicted molar refractivity (Wildman–Crippen MR) is 102 cm³/mol. The van der Waals surface area contributed by atoms with Crippen LogP contribution in [0.3, 0.4) is 0 Å². The van der Waals surface area contributed by atoms with Gasteiger partial charge in [-0.1, -0.05) is 0 Å². The number of ether oxygens (including phenoxy) is 1. The van der Waals surface area contributed by atoms with E-state index in [4.69, 9.17) is 27.0 Å². The van der Waals surface area contributed by atoms with Crippen LogP contribution in [0, 0.1) is 0 Å². The molecule has 0 amide bonds. The monoisotopic (exact) mass is 429 g/mol. The molecule has 1 aliphatic rings. The lowest BCUT2D eigenvalue weighted by Gasteiger charge is -2.22. The normalized spacial score (nSPS) is 25.6. The first-order chi connectivity index (χ1) is 13.8. The van der Waals surface area contributed by atoms with Gasteiger partial charge in [0.2, 0.25) is 0 Å². The summed E-state index contributed by atoms with van der Waals surface area (Å²) in [6.45, 7) is 0. The lowest BCUT2D eigenvalue weighted by molar-refractivity contribution is -0.174. The third-order valence-electron chi connectivity index (χ3n) is 4.40. The van der Waals surface area contributed by atoms with Gasteiger partial charge >= 0.3 is 5.97 Å². The lowest BCUT2D eigenvalue weighted by Crippen LogP contribution is -2.53. The van der Waals surface area contributed by atoms with Crippen LogP contribution in [0.4, 0.5) is 5.82 Å². The van der Waals surface area contributed by atoms with Crippen LogP contribution in [-0.4, -0.2) is 77.3 Å². The second-order valence-electron chi connectivity index (χ2n) is 6.29. The summed E-state index contributed by atoms with van der Waals surface area (Å²) in [6.07, 6.45) is -0.242. The Labute approximate surface area is 169 Å². The predicted octanol–water partition coefficient (Wildman–Crippen LogP) is -2.80. The van der Waals surface area contributed by atoms with E-state index in [9.17, 15) is 15.0 Å². The first kappa shape index (κ1) is 21.6. The maximum Gasteiger partial charge on any atom is 0.345 e. The number of aliphatic hydroxyl groups excluding tert-OH is 2. The van der Waals surface area contributed by atoms with Gasteiger partial charge in [0.1, 0.15) is 30.1 Å². The highest BCUT2D eigenvalue weighted by molar-refractivity contribution is 7.98. The molecule has 29 heavy (non-hydrogen) atoms. The van der Waals surface area contributed by atoms with E-state index in [0.29, 0.717) is 23.3 Å². The fourth-order valence-corrected chi connectivity index (χ4v) is 3.30. The molecule has 3 rings (SSSR count). The second kappa shape index (κ2) is 9.14. The molecule has 0 radical (unpaired) electrons. The minimum atomic E-state index is -1.42. The molecule has 2 aromatic heterocycles. The fourth-order valence-electron chi connectivity index (χ4n) is 2.85. The summed E-state index contributed by atoms with van der Waals surface area (Å²) in [5.74, 6) is 11.0. The molecular formula is C14H23N9O5S. The van der Waals surface area contributed by atoms with Crippen LogP contribution in [0.2, 0.25) is 0 Å². The molecule has 9 N–H and O–H groups in total. The van der Waals surface area contributed by atoms with E-state index >= 15 is 0 Å². The average Bonchev–Trinajstić information content (AvgIpc) is 3.23. The molecule has 1 saturated heterocycles. The number of hydrogen-bond donors (Lipinski definition) is 6. The van der Waals surface area contributed by atoms with Crippen LogP contribution in [0.15, 0.2) is 12.7 Å². The number of imidazole rings is 1. The Morgan fingerprint density at radius 2 is 2.17 bits per heavy atom. The van der Waals surface area contributed by atoms with Gasteiger partial charge in [-0.2, -0.15) is 16.9 Å². The van der Waals surface area contributed by atoms with E-state index in [-0.39, 0.29) is 5.82 Å². The third-order valence-corrected chi connectivity index (χ3v) is 5.05. The Hall–Kier alpha value is -2.11. The van der Waals surface area contributed by atoms with Crippen LogP contribution < -0.4 is 22.9 Å². The zero-order valence-corrected chi connectivity index (χ0v) is 16.3. The van der Waals surface area contributed by atoms with Gasteiger partial charge in [-0.15, -0.1) is 5.48 Å². The molecule has 2 aromatic rings. The lowest BCUT2D eigenvalue weighted by atomic mass is 10.2. The molecule has 5 atom stereocenters. The number of carbonyl (C=O) groups excluding carboxylic acids is 1. The Kier molecular flexibility index (Phi) is 6.81. The summed E-state index contributed by atoms with van der Waals surface area (Å²) < 4.78 is 7.00. The molecule has 1 fully saturated rings. The second-order valence-corrected chi connectivity index (χ2v) is 7.28. The van der Waals surface area contributed by atoms with Crippen LogP contribution >= 0.6 is 11.8 Å². The van der Waals surface area contributed by atoms with Crippen molar-refractivity contribution in [3.8, 4) is 0 Å².